The first kappa shape index (κ1) is 20.0. The molecule has 7 nitrogen and oxygen atoms in total. The average molecular weight is 390 g/mol. The standard InChI is InChI=1S/C22H22N4O3/c1-3-16-6-10-17(11-7-16)23-20(27)14-26-21(28)13-12-19(25-26)22(29)24-18-8-4-15(2)5-9-18/h4-13H,3,14H2,1-2H3,(H,23,27)(H,24,29). The summed E-state index contributed by atoms with van der Waals surface area (Å²) in [6.07, 6.45) is 0.908. The van der Waals surface area contributed by atoms with Crippen molar-refractivity contribution >= 4 is 23.2 Å². The largest absolute Gasteiger partial charge is 0.324 e. The number of hydrogen-bond acceptors (Lipinski definition) is 4. The van der Waals surface area contributed by atoms with Crippen molar-refractivity contribution in [3.63, 3.8) is 0 Å². The molecule has 0 aliphatic rings. The molecule has 2 N–H and O–H groups in total. The number of benzene rings is 2. The smallest absolute Gasteiger partial charge is 0.276 e. The van der Waals surface area contributed by atoms with Crippen molar-refractivity contribution in [2.75, 3.05) is 10.6 Å². The SMILES string of the molecule is CCc1ccc(NC(=O)Cn2nc(C(=O)Nc3ccc(C)cc3)ccc2=O)cc1. The number of nitrogens with one attached hydrogen (secondary N) is 2. The third-order valence-corrected chi connectivity index (χ3v) is 4.35. The van der Waals surface area contributed by atoms with E-state index in [1.807, 2.05) is 38.1 Å². The van der Waals surface area contributed by atoms with Gasteiger partial charge in [-0.05, 0) is 49.2 Å². The van der Waals surface area contributed by atoms with Crippen molar-refractivity contribution in [1.29, 1.82) is 0 Å². The van der Waals surface area contributed by atoms with Crippen LogP contribution in [-0.4, -0.2) is 21.6 Å². The first-order valence-corrected chi connectivity index (χ1v) is 9.29. The van der Waals surface area contributed by atoms with Gasteiger partial charge >= 0.3 is 0 Å². The zero-order chi connectivity index (χ0) is 20.8. The molecule has 0 saturated heterocycles. The predicted octanol–water partition coefficient (Wildman–Crippen LogP) is 3.01. The zero-order valence-electron chi connectivity index (χ0n) is 16.3. The van der Waals surface area contributed by atoms with Gasteiger partial charge in [-0.3, -0.25) is 14.4 Å². The van der Waals surface area contributed by atoms with Gasteiger partial charge in [-0.15, -0.1) is 0 Å². The molecule has 1 aromatic heterocycles. The molecular formula is C22H22N4O3. The fraction of sp³-hybridized carbons (Fsp3) is 0.182. The van der Waals surface area contributed by atoms with Crippen molar-refractivity contribution in [1.82, 2.24) is 9.78 Å². The maximum atomic E-state index is 12.4. The Kier molecular flexibility index (Phi) is 6.19. The van der Waals surface area contributed by atoms with Gasteiger partial charge in [0.1, 0.15) is 12.2 Å². The summed E-state index contributed by atoms with van der Waals surface area (Å²) in [5.74, 6) is -0.863. The van der Waals surface area contributed by atoms with E-state index in [1.54, 1.807) is 24.3 Å². The number of amides is 2. The molecule has 0 aliphatic heterocycles. The van der Waals surface area contributed by atoms with E-state index < -0.39 is 17.4 Å². The average Bonchev–Trinajstić information content (AvgIpc) is 2.72. The number of nitrogens with zero attached hydrogens (tertiary/aromatic N) is 2. The fourth-order valence-corrected chi connectivity index (χ4v) is 2.68. The van der Waals surface area contributed by atoms with Crippen LogP contribution < -0.4 is 16.2 Å². The second-order valence-corrected chi connectivity index (χ2v) is 6.63. The van der Waals surface area contributed by atoms with Gasteiger partial charge in [-0.25, -0.2) is 4.68 Å². The molecule has 0 saturated carbocycles. The summed E-state index contributed by atoms with van der Waals surface area (Å²) in [5, 5.41) is 9.47. The first-order valence-electron chi connectivity index (χ1n) is 9.29. The molecule has 148 valence electrons. The molecule has 7 heteroatoms. The second kappa shape index (κ2) is 8.97. The highest BCUT2D eigenvalue weighted by Crippen LogP contribution is 2.11. The Labute approximate surface area is 168 Å². The van der Waals surface area contributed by atoms with E-state index in [4.69, 9.17) is 0 Å². The number of carbonyl (C=O) groups excluding carboxylic acids is 2. The number of carbonyl (C=O) groups is 2. The highest BCUT2D eigenvalue weighted by atomic mass is 16.2. The summed E-state index contributed by atoms with van der Waals surface area (Å²) in [6.45, 7) is 3.71. The molecule has 0 fully saturated rings. The van der Waals surface area contributed by atoms with E-state index in [0.29, 0.717) is 11.4 Å². The number of aromatic nitrogens is 2. The van der Waals surface area contributed by atoms with Crippen LogP contribution in [0.5, 0.6) is 0 Å². The van der Waals surface area contributed by atoms with Gasteiger partial charge in [0.2, 0.25) is 5.91 Å². The Balaban J connectivity index is 1.69. The third kappa shape index (κ3) is 5.38. The van der Waals surface area contributed by atoms with E-state index in [0.717, 1.165) is 22.2 Å². The Bertz CT molecular complexity index is 1070. The molecule has 2 amide bonds. The molecule has 0 aliphatic carbocycles. The molecule has 0 bridgehead atoms. The summed E-state index contributed by atoms with van der Waals surface area (Å²) in [4.78, 5) is 36.7. The van der Waals surface area contributed by atoms with Crippen molar-refractivity contribution in [3.05, 3.63) is 87.8 Å². The lowest BCUT2D eigenvalue weighted by atomic mass is 10.1. The summed E-state index contributed by atoms with van der Waals surface area (Å²) in [6, 6.07) is 17.3. The lowest BCUT2D eigenvalue weighted by Gasteiger charge is -2.09. The highest BCUT2D eigenvalue weighted by Gasteiger charge is 2.12. The van der Waals surface area contributed by atoms with Crippen LogP contribution in [0.4, 0.5) is 11.4 Å². The molecule has 29 heavy (non-hydrogen) atoms. The second-order valence-electron chi connectivity index (χ2n) is 6.63. The minimum absolute atomic E-state index is 0.0465. The summed E-state index contributed by atoms with van der Waals surface area (Å²) >= 11 is 0. The van der Waals surface area contributed by atoms with Gasteiger partial charge in [0.25, 0.3) is 11.5 Å². The van der Waals surface area contributed by atoms with Crippen LogP contribution in [0.1, 0.15) is 28.5 Å². The Morgan fingerprint density at radius 1 is 0.897 bits per heavy atom. The molecule has 1 heterocycles. The zero-order valence-corrected chi connectivity index (χ0v) is 16.3. The maximum absolute atomic E-state index is 12.4. The van der Waals surface area contributed by atoms with Crippen LogP contribution in [0, 0.1) is 6.92 Å². The molecule has 0 unspecified atom stereocenters. The van der Waals surface area contributed by atoms with Gasteiger partial charge in [0.15, 0.2) is 0 Å². The van der Waals surface area contributed by atoms with Crippen LogP contribution in [0.15, 0.2) is 65.5 Å². The first-order chi connectivity index (χ1) is 13.9. The third-order valence-electron chi connectivity index (χ3n) is 4.35. The van der Waals surface area contributed by atoms with Crippen molar-refractivity contribution in [2.24, 2.45) is 0 Å². The Morgan fingerprint density at radius 3 is 2.17 bits per heavy atom. The van der Waals surface area contributed by atoms with Crippen molar-refractivity contribution < 1.29 is 9.59 Å². The van der Waals surface area contributed by atoms with Crippen LogP contribution in [0.3, 0.4) is 0 Å². The molecule has 2 aromatic carbocycles. The summed E-state index contributed by atoms with van der Waals surface area (Å²) in [5.41, 5.74) is 3.07. The highest BCUT2D eigenvalue weighted by molar-refractivity contribution is 6.02. The Hall–Kier alpha value is -3.74. The lowest BCUT2D eigenvalue weighted by Crippen LogP contribution is -2.31. The van der Waals surface area contributed by atoms with Gasteiger partial charge in [0, 0.05) is 17.4 Å². The van der Waals surface area contributed by atoms with E-state index in [1.165, 1.54) is 12.1 Å². The van der Waals surface area contributed by atoms with Crippen LogP contribution >= 0.6 is 0 Å². The summed E-state index contributed by atoms with van der Waals surface area (Å²) in [7, 11) is 0. The van der Waals surface area contributed by atoms with Gasteiger partial charge in [0.05, 0.1) is 0 Å². The molecule has 0 radical (unpaired) electrons. The van der Waals surface area contributed by atoms with E-state index in [2.05, 4.69) is 15.7 Å². The molecule has 0 atom stereocenters. The van der Waals surface area contributed by atoms with Gasteiger partial charge < -0.3 is 10.6 Å². The van der Waals surface area contributed by atoms with E-state index in [9.17, 15) is 14.4 Å². The van der Waals surface area contributed by atoms with E-state index >= 15 is 0 Å². The predicted molar refractivity (Wildman–Crippen MR) is 112 cm³/mol. The van der Waals surface area contributed by atoms with Crippen LogP contribution in [0.25, 0.3) is 0 Å². The minimum Gasteiger partial charge on any atom is -0.324 e. The van der Waals surface area contributed by atoms with Crippen molar-refractivity contribution in [3.8, 4) is 0 Å². The number of aryl methyl sites for hydroxylation is 2. The number of rotatable bonds is 6. The summed E-state index contributed by atoms with van der Waals surface area (Å²) < 4.78 is 0.972. The lowest BCUT2D eigenvalue weighted by molar-refractivity contribution is -0.117. The molecular weight excluding hydrogens is 368 g/mol. The monoisotopic (exact) mass is 390 g/mol. The maximum Gasteiger partial charge on any atom is 0.276 e. The fourth-order valence-electron chi connectivity index (χ4n) is 2.68. The quantitative estimate of drug-likeness (QED) is 0.677. The number of hydrogen-bond donors (Lipinski definition) is 2. The molecule has 3 rings (SSSR count). The number of anilines is 2. The molecule has 0 spiro atoms. The van der Waals surface area contributed by atoms with Gasteiger partial charge in [-0.1, -0.05) is 36.8 Å². The molecule has 3 aromatic rings. The van der Waals surface area contributed by atoms with Crippen LogP contribution in [-0.2, 0) is 17.8 Å². The van der Waals surface area contributed by atoms with Gasteiger partial charge in [-0.2, -0.15) is 5.10 Å². The Morgan fingerprint density at radius 2 is 1.52 bits per heavy atom. The minimum atomic E-state index is -0.464. The topological polar surface area (TPSA) is 93.1 Å². The van der Waals surface area contributed by atoms with E-state index in [-0.39, 0.29) is 12.2 Å². The van der Waals surface area contributed by atoms with Crippen LogP contribution in [0.2, 0.25) is 0 Å². The van der Waals surface area contributed by atoms with Crippen molar-refractivity contribution in [2.45, 2.75) is 26.8 Å². The normalized spacial score (nSPS) is 10.4.